The molecule has 0 atom stereocenters. The molecule has 2 aromatic rings. The molecule has 0 aliphatic heterocycles. The van der Waals surface area contributed by atoms with Crippen LogP contribution in [-0.2, 0) is 0 Å². The van der Waals surface area contributed by atoms with E-state index in [4.69, 9.17) is 0 Å². The third-order valence-electron chi connectivity index (χ3n) is 2.76. The summed E-state index contributed by atoms with van der Waals surface area (Å²) < 4.78 is 26.3. The lowest BCUT2D eigenvalue weighted by molar-refractivity contribution is 0.103. The van der Waals surface area contributed by atoms with Crippen molar-refractivity contribution in [2.75, 3.05) is 0 Å². The van der Waals surface area contributed by atoms with Crippen molar-refractivity contribution in [3.05, 3.63) is 68.7 Å². The van der Waals surface area contributed by atoms with Crippen LogP contribution >= 0.6 is 15.9 Å². The van der Waals surface area contributed by atoms with E-state index in [0.29, 0.717) is 5.56 Å². The molecule has 0 aromatic heterocycles. The minimum Gasteiger partial charge on any atom is -0.289 e. The van der Waals surface area contributed by atoms with Gasteiger partial charge in [-0.1, -0.05) is 17.2 Å². The number of aryl methyl sites for hydroxylation is 2. The van der Waals surface area contributed by atoms with E-state index in [9.17, 15) is 13.6 Å². The fourth-order valence-electron chi connectivity index (χ4n) is 1.96. The Hall–Kier alpha value is -1.55. The summed E-state index contributed by atoms with van der Waals surface area (Å²) in [7, 11) is 0. The van der Waals surface area contributed by atoms with E-state index in [1.807, 2.05) is 19.9 Å². The second-order valence-corrected chi connectivity index (χ2v) is 5.22. The van der Waals surface area contributed by atoms with E-state index in [0.717, 1.165) is 17.2 Å². The van der Waals surface area contributed by atoms with Gasteiger partial charge in [0.25, 0.3) is 0 Å². The normalized spacial score (nSPS) is 10.6. The van der Waals surface area contributed by atoms with E-state index in [1.54, 1.807) is 12.1 Å². The Labute approximate surface area is 118 Å². The second-order valence-electron chi connectivity index (χ2n) is 4.43. The fraction of sp³-hybridized carbons (Fsp3) is 0.133. The first-order valence-corrected chi connectivity index (χ1v) is 6.46. The molecule has 98 valence electrons. The predicted octanol–water partition coefficient (Wildman–Crippen LogP) is 4.58. The van der Waals surface area contributed by atoms with Gasteiger partial charge in [0.2, 0.25) is 0 Å². The number of carbonyl (C=O) groups excluding carboxylic acids is 1. The summed E-state index contributed by atoms with van der Waals surface area (Å²) in [5.74, 6) is -2.36. The average molecular weight is 325 g/mol. The molecule has 0 N–H and O–H groups in total. The van der Waals surface area contributed by atoms with Crippen LogP contribution in [0, 0.1) is 25.5 Å². The molecule has 0 saturated carbocycles. The van der Waals surface area contributed by atoms with Gasteiger partial charge in [-0.05, 0) is 54.0 Å². The van der Waals surface area contributed by atoms with Gasteiger partial charge in [0.1, 0.15) is 0 Å². The number of hydrogen-bond acceptors (Lipinski definition) is 1. The van der Waals surface area contributed by atoms with Crippen LogP contribution in [0.4, 0.5) is 8.78 Å². The maximum atomic E-state index is 13.5. The van der Waals surface area contributed by atoms with Gasteiger partial charge in [-0.25, -0.2) is 8.78 Å². The Morgan fingerprint density at radius 2 is 1.63 bits per heavy atom. The first-order valence-electron chi connectivity index (χ1n) is 5.66. The Kier molecular flexibility index (Phi) is 3.80. The van der Waals surface area contributed by atoms with E-state index < -0.39 is 11.6 Å². The Bertz CT molecular complexity index is 645. The number of halogens is 3. The van der Waals surface area contributed by atoms with Crippen LogP contribution in [0.15, 0.2) is 34.8 Å². The fourth-order valence-corrected chi connectivity index (χ4v) is 2.46. The van der Waals surface area contributed by atoms with Crippen LogP contribution in [0.3, 0.4) is 0 Å². The van der Waals surface area contributed by atoms with Crippen molar-refractivity contribution in [1.29, 1.82) is 0 Å². The van der Waals surface area contributed by atoms with Gasteiger partial charge >= 0.3 is 0 Å². The van der Waals surface area contributed by atoms with E-state index in [1.165, 1.54) is 6.07 Å². The van der Waals surface area contributed by atoms with Gasteiger partial charge in [-0.3, -0.25) is 4.79 Å². The molecule has 0 amide bonds. The lowest BCUT2D eigenvalue weighted by Gasteiger charge is -2.07. The highest BCUT2D eigenvalue weighted by molar-refractivity contribution is 9.10. The van der Waals surface area contributed by atoms with Crippen molar-refractivity contribution in [2.45, 2.75) is 13.8 Å². The first kappa shape index (κ1) is 13.9. The molecule has 0 radical (unpaired) electrons. The molecule has 0 unspecified atom stereocenters. The number of rotatable bonds is 2. The SMILES string of the molecule is Cc1cc(C)cc(C(=O)c2ccc(F)c(F)c2Br)c1. The second kappa shape index (κ2) is 5.21. The van der Waals surface area contributed by atoms with Crippen molar-refractivity contribution in [3.8, 4) is 0 Å². The first-order chi connectivity index (χ1) is 8.90. The maximum absolute atomic E-state index is 13.5. The van der Waals surface area contributed by atoms with Crippen molar-refractivity contribution in [3.63, 3.8) is 0 Å². The van der Waals surface area contributed by atoms with E-state index in [-0.39, 0.29) is 15.8 Å². The summed E-state index contributed by atoms with van der Waals surface area (Å²) in [4.78, 5) is 12.3. The van der Waals surface area contributed by atoms with Crippen LogP contribution < -0.4 is 0 Å². The molecule has 2 rings (SSSR count). The monoisotopic (exact) mass is 324 g/mol. The topological polar surface area (TPSA) is 17.1 Å². The number of hydrogen-bond donors (Lipinski definition) is 0. The minimum absolute atomic E-state index is 0.115. The molecule has 0 bridgehead atoms. The highest BCUT2D eigenvalue weighted by Gasteiger charge is 2.18. The molecule has 1 nitrogen and oxygen atoms in total. The van der Waals surface area contributed by atoms with Crippen molar-refractivity contribution in [2.24, 2.45) is 0 Å². The molecule has 0 saturated heterocycles. The summed E-state index contributed by atoms with van der Waals surface area (Å²) in [6.07, 6.45) is 0. The third-order valence-corrected chi connectivity index (χ3v) is 3.54. The summed E-state index contributed by atoms with van der Waals surface area (Å²) in [6.45, 7) is 3.76. The minimum atomic E-state index is -1.05. The molecule has 19 heavy (non-hydrogen) atoms. The standard InChI is InChI=1S/C15H11BrF2O/c1-8-5-9(2)7-10(6-8)15(19)11-3-4-12(17)14(18)13(11)16/h3-7H,1-2H3. The van der Waals surface area contributed by atoms with Crippen molar-refractivity contribution in [1.82, 2.24) is 0 Å². The molecule has 0 aliphatic carbocycles. The van der Waals surface area contributed by atoms with Gasteiger partial charge in [-0.2, -0.15) is 0 Å². The predicted molar refractivity (Wildman–Crippen MR) is 73.4 cm³/mol. The Balaban J connectivity index is 2.53. The molecule has 0 aliphatic rings. The van der Waals surface area contributed by atoms with E-state index >= 15 is 0 Å². The summed E-state index contributed by atoms with van der Waals surface area (Å²) >= 11 is 2.93. The lowest BCUT2D eigenvalue weighted by Crippen LogP contribution is -2.05. The van der Waals surface area contributed by atoms with Crippen LogP contribution in [0.1, 0.15) is 27.0 Å². The smallest absolute Gasteiger partial charge is 0.194 e. The van der Waals surface area contributed by atoms with Gasteiger partial charge < -0.3 is 0 Å². The van der Waals surface area contributed by atoms with Crippen molar-refractivity contribution < 1.29 is 13.6 Å². The summed E-state index contributed by atoms with van der Waals surface area (Å²) in [5.41, 5.74) is 2.47. The summed E-state index contributed by atoms with van der Waals surface area (Å²) in [5, 5.41) is 0. The highest BCUT2D eigenvalue weighted by Crippen LogP contribution is 2.25. The van der Waals surface area contributed by atoms with Gasteiger partial charge in [0.05, 0.1) is 4.47 Å². The largest absolute Gasteiger partial charge is 0.289 e. The number of carbonyl (C=O) groups is 1. The van der Waals surface area contributed by atoms with Crippen LogP contribution in [0.2, 0.25) is 0 Å². The number of benzene rings is 2. The Morgan fingerprint density at radius 3 is 2.21 bits per heavy atom. The average Bonchev–Trinajstić information content (AvgIpc) is 2.34. The third kappa shape index (κ3) is 2.73. The molecular formula is C15H11BrF2O. The highest BCUT2D eigenvalue weighted by atomic mass is 79.9. The van der Waals surface area contributed by atoms with Gasteiger partial charge in [0, 0.05) is 11.1 Å². The van der Waals surface area contributed by atoms with Gasteiger partial charge in [-0.15, -0.1) is 0 Å². The molecular weight excluding hydrogens is 314 g/mol. The molecule has 0 heterocycles. The number of ketones is 1. The quantitative estimate of drug-likeness (QED) is 0.584. The van der Waals surface area contributed by atoms with Crippen LogP contribution in [-0.4, -0.2) is 5.78 Å². The molecule has 4 heteroatoms. The molecule has 2 aromatic carbocycles. The zero-order chi connectivity index (χ0) is 14.2. The van der Waals surface area contributed by atoms with Crippen LogP contribution in [0.25, 0.3) is 0 Å². The van der Waals surface area contributed by atoms with Gasteiger partial charge in [0.15, 0.2) is 17.4 Å². The Morgan fingerprint density at radius 1 is 1.05 bits per heavy atom. The maximum Gasteiger partial charge on any atom is 0.194 e. The zero-order valence-electron chi connectivity index (χ0n) is 10.4. The molecule has 0 fully saturated rings. The zero-order valence-corrected chi connectivity index (χ0v) is 12.0. The molecule has 0 spiro atoms. The lowest BCUT2D eigenvalue weighted by atomic mass is 9.99. The summed E-state index contributed by atoms with van der Waals surface area (Å²) in [6, 6.07) is 7.63. The van der Waals surface area contributed by atoms with E-state index in [2.05, 4.69) is 15.9 Å². The van der Waals surface area contributed by atoms with Crippen LogP contribution in [0.5, 0.6) is 0 Å². The van der Waals surface area contributed by atoms with Crippen molar-refractivity contribution >= 4 is 21.7 Å².